The number of amides is 2. The average molecular weight is 574 g/mol. The van der Waals surface area contributed by atoms with Crippen molar-refractivity contribution >= 4 is 47.2 Å². The number of hydrazone groups is 1. The third-order valence-corrected chi connectivity index (χ3v) is 6.02. The van der Waals surface area contributed by atoms with E-state index in [4.69, 9.17) is 37.1 Å². The number of nitrogens with zero attached hydrogens (tertiary/aromatic N) is 1. The van der Waals surface area contributed by atoms with Crippen LogP contribution in [0.15, 0.2) is 64.1 Å². The topological polar surface area (TPSA) is 119 Å². The summed E-state index contributed by atoms with van der Waals surface area (Å²) in [6.45, 7) is 5.43. The summed E-state index contributed by atoms with van der Waals surface area (Å²) in [5, 5.41) is 7.40. The smallest absolute Gasteiger partial charge is 0.337 e. The number of rotatable bonds is 11. The zero-order valence-electron chi connectivity index (χ0n) is 21.9. The Hall–Kier alpha value is -3.82. The minimum Gasteiger partial charge on any atom is -0.479 e. The molecule has 0 unspecified atom stereocenters. The van der Waals surface area contributed by atoms with Gasteiger partial charge < -0.3 is 19.2 Å². The molecular weight excluding hydrogens is 545 g/mol. The summed E-state index contributed by atoms with van der Waals surface area (Å²) in [6, 6.07) is 14.0. The van der Waals surface area contributed by atoms with Crippen molar-refractivity contribution in [3.05, 3.63) is 76.0 Å². The molecule has 1 aromatic heterocycles. The van der Waals surface area contributed by atoms with E-state index in [1.165, 1.54) is 19.4 Å². The molecule has 0 aliphatic rings. The van der Waals surface area contributed by atoms with E-state index in [2.05, 4.69) is 15.8 Å². The first-order valence-corrected chi connectivity index (χ1v) is 12.9. The standard InChI is InChI=1S/C28H29Cl2N3O6/c1-16(2)13-23(32-26(34)17(3)38-25-11-9-20(29)14-22(25)30)27(35)33-31-15-21-10-12-24(39-21)18-5-7-19(8-6-18)28(36)37-4/h5-12,14-17,23H,13H2,1-4H3,(H,32,34)(H,33,35)/b31-15-/t17-,23+/m1/s1. The van der Waals surface area contributed by atoms with Crippen LogP contribution in [0.25, 0.3) is 11.3 Å². The van der Waals surface area contributed by atoms with Crippen molar-refractivity contribution in [2.24, 2.45) is 11.0 Å². The number of methoxy groups -OCH3 is 1. The maximum absolute atomic E-state index is 12.8. The molecular formula is C28H29Cl2N3O6. The van der Waals surface area contributed by atoms with Crippen molar-refractivity contribution in [1.82, 2.24) is 10.7 Å². The number of carbonyl (C=O) groups excluding carboxylic acids is 3. The van der Waals surface area contributed by atoms with Crippen LogP contribution >= 0.6 is 23.2 Å². The van der Waals surface area contributed by atoms with Gasteiger partial charge in [0.2, 0.25) is 0 Å². The van der Waals surface area contributed by atoms with Crippen molar-refractivity contribution in [3.63, 3.8) is 0 Å². The van der Waals surface area contributed by atoms with Gasteiger partial charge in [-0.1, -0.05) is 49.2 Å². The Morgan fingerprint density at radius 1 is 1.00 bits per heavy atom. The van der Waals surface area contributed by atoms with Crippen LogP contribution < -0.4 is 15.5 Å². The molecule has 0 aliphatic heterocycles. The zero-order chi connectivity index (χ0) is 28.5. The number of nitrogens with one attached hydrogen (secondary N) is 2. The Labute approximate surface area is 236 Å². The summed E-state index contributed by atoms with van der Waals surface area (Å²) in [4.78, 5) is 37.2. The van der Waals surface area contributed by atoms with Crippen LogP contribution in [0.5, 0.6) is 5.75 Å². The largest absolute Gasteiger partial charge is 0.479 e. The van der Waals surface area contributed by atoms with E-state index in [-0.39, 0.29) is 10.9 Å². The van der Waals surface area contributed by atoms with E-state index in [0.717, 1.165) is 5.56 Å². The molecule has 3 aromatic rings. The molecule has 206 valence electrons. The second kappa shape index (κ2) is 13.8. The molecule has 2 atom stereocenters. The van der Waals surface area contributed by atoms with E-state index in [0.29, 0.717) is 34.3 Å². The first-order chi connectivity index (χ1) is 18.6. The highest BCUT2D eigenvalue weighted by Gasteiger charge is 2.25. The minimum atomic E-state index is -0.919. The molecule has 39 heavy (non-hydrogen) atoms. The monoisotopic (exact) mass is 573 g/mol. The zero-order valence-corrected chi connectivity index (χ0v) is 23.4. The normalized spacial score (nSPS) is 12.7. The van der Waals surface area contributed by atoms with Gasteiger partial charge in [0.25, 0.3) is 11.8 Å². The first-order valence-electron chi connectivity index (χ1n) is 12.1. The molecule has 2 aromatic carbocycles. The molecule has 0 saturated heterocycles. The van der Waals surface area contributed by atoms with E-state index < -0.39 is 29.9 Å². The Kier molecular flexibility index (Phi) is 10.5. The van der Waals surface area contributed by atoms with Crippen LogP contribution in [-0.4, -0.2) is 43.3 Å². The van der Waals surface area contributed by atoms with Gasteiger partial charge in [-0.05, 0) is 61.7 Å². The summed E-state index contributed by atoms with van der Waals surface area (Å²) in [6.07, 6.45) is 0.818. The third-order valence-electron chi connectivity index (χ3n) is 5.49. The van der Waals surface area contributed by atoms with E-state index >= 15 is 0 Å². The van der Waals surface area contributed by atoms with E-state index in [1.54, 1.807) is 55.5 Å². The number of halogens is 2. The van der Waals surface area contributed by atoms with Gasteiger partial charge in [-0.3, -0.25) is 9.59 Å². The van der Waals surface area contributed by atoms with E-state index in [9.17, 15) is 14.4 Å². The third kappa shape index (κ3) is 8.59. The van der Waals surface area contributed by atoms with Gasteiger partial charge in [-0.2, -0.15) is 5.10 Å². The first kappa shape index (κ1) is 29.7. The van der Waals surface area contributed by atoms with Crippen LogP contribution in [0.4, 0.5) is 0 Å². The molecule has 3 rings (SSSR count). The van der Waals surface area contributed by atoms with Crippen LogP contribution in [0.2, 0.25) is 10.0 Å². The lowest BCUT2D eigenvalue weighted by atomic mass is 10.0. The highest BCUT2D eigenvalue weighted by Crippen LogP contribution is 2.28. The Morgan fingerprint density at radius 2 is 1.72 bits per heavy atom. The van der Waals surface area contributed by atoms with Gasteiger partial charge in [0.15, 0.2) is 6.10 Å². The van der Waals surface area contributed by atoms with Crippen LogP contribution in [0.1, 0.15) is 43.3 Å². The maximum Gasteiger partial charge on any atom is 0.337 e. The molecule has 2 N–H and O–H groups in total. The summed E-state index contributed by atoms with van der Waals surface area (Å²) < 4.78 is 16.1. The average Bonchev–Trinajstić information content (AvgIpc) is 3.38. The van der Waals surface area contributed by atoms with Gasteiger partial charge in [0.05, 0.1) is 23.9 Å². The minimum absolute atomic E-state index is 0.116. The van der Waals surface area contributed by atoms with Crippen molar-refractivity contribution < 1.29 is 28.3 Å². The molecule has 0 radical (unpaired) electrons. The predicted octanol–water partition coefficient (Wildman–Crippen LogP) is 5.49. The van der Waals surface area contributed by atoms with Crippen LogP contribution in [0, 0.1) is 5.92 Å². The van der Waals surface area contributed by atoms with Gasteiger partial charge in [-0.25, -0.2) is 10.2 Å². The van der Waals surface area contributed by atoms with E-state index in [1.807, 2.05) is 13.8 Å². The number of ether oxygens (including phenoxy) is 2. The van der Waals surface area contributed by atoms with Crippen molar-refractivity contribution in [2.45, 2.75) is 39.3 Å². The summed E-state index contributed by atoms with van der Waals surface area (Å²) in [7, 11) is 1.32. The Balaban J connectivity index is 1.59. The SMILES string of the molecule is COC(=O)c1ccc(-c2ccc(/C=N\NC(=O)[C@H](CC(C)C)NC(=O)[C@@H](C)Oc3ccc(Cl)cc3Cl)o2)cc1. The second-order valence-electron chi connectivity index (χ2n) is 9.03. The fraction of sp³-hybridized carbons (Fsp3) is 0.286. The molecule has 1 heterocycles. The Bertz CT molecular complexity index is 1340. The maximum atomic E-state index is 12.8. The number of furan rings is 1. The molecule has 11 heteroatoms. The molecule has 0 fully saturated rings. The van der Waals surface area contributed by atoms with Gasteiger partial charge in [-0.15, -0.1) is 0 Å². The van der Waals surface area contributed by atoms with Crippen molar-refractivity contribution in [3.8, 4) is 17.1 Å². The number of hydrogen-bond acceptors (Lipinski definition) is 7. The second-order valence-corrected chi connectivity index (χ2v) is 9.87. The number of hydrogen-bond donors (Lipinski definition) is 2. The molecule has 9 nitrogen and oxygen atoms in total. The van der Waals surface area contributed by atoms with Gasteiger partial charge in [0, 0.05) is 10.6 Å². The van der Waals surface area contributed by atoms with Gasteiger partial charge >= 0.3 is 5.97 Å². The fourth-order valence-electron chi connectivity index (χ4n) is 3.51. The lowest BCUT2D eigenvalue weighted by Crippen LogP contribution is -2.49. The molecule has 0 spiro atoms. The Morgan fingerprint density at radius 3 is 2.36 bits per heavy atom. The number of carbonyl (C=O) groups is 3. The van der Waals surface area contributed by atoms with Crippen molar-refractivity contribution in [1.29, 1.82) is 0 Å². The van der Waals surface area contributed by atoms with Crippen molar-refractivity contribution in [2.75, 3.05) is 7.11 Å². The summed E-state index contributed by atoms with van der Waals surface area (Å²) in [5.74, 6) is -0.0347. The number of benzene rings is 2. The predicted molar refractivity (Wildman–Crippen MR) is 149 cm³/mol. The molecule has 0 saturated carbocycles. The highest BCUT2D eigenvalue weighted by molar-refractivity contribution is 6.35. The molecule has 2 amide bonds. The summed E-state index contributed by atoms with van der Waals surface area (Å²) in [5.41, 5.74) is 3.63. The highest BCUT2D eigenvalue weighted by atomic mass is 35.5. The molecule has 0 bridgehead atoms. The van der Waals surface area contributed by atoms with Gasteiger partial charge in [0.1, 0.15) is 23.3 Å². The van der Waals surface area contributed by atoms with Crippen LogP contribution in [-0.2, 0) is 14.3 Å². The molecule has 0 aliphatic carbocycles. The lowest BCUT2D eigenvalue weighted by molar-refractivity contribution is -0.132. The van der Waals surface area contributed by atoms with Crippen LogP contribution in [0.3, 0.4) is 0 Å². The number of esters is 1. The quantitative estimate of drug-likeness (QED) is 0.178. The summed E-state index contributed by atoms with van der Waals surface area (Å²) >= 11 is 12.0. The fourth-order valence-corrected chi connectivity index (χ4v) is 3.96. The lowest BCUT2D eigenvalue weighted by Gasteiger charge is -2.22.